The molecule has 0 unspecified atom stereocenters. The number of benzene rings is 2. The molecule has 2 aromatic carbocycles. The quantitative estimate of drug-likeness (QED) is 0.280. The van der Waals surface area contributed by atoms with Gasteiger partial charge in [0.15, 0.2) is 5.78 Å². The summed E-state index contributed by atoms with van der Waals surface area (Å²) in [6, 6.07) is 7.76. The first kappa shape index (κ1) is 27.7. The van der Waals surface area contributed by atoms with E-state index in [1.165, 1.54) is 12.4 Å². The maximum absolute atomic E-state index is 13.9. The second-order valence-corrected chi connectivity index (χ2v) is 10.1. The molecule has 1 fully saturated rings. The van der Waals surface area contributed by atoms with E-state index < -0.39 is 17.5 Å². The zero-order chi connectivity index (χ0) is 28.4. The number of aryl methyl sites for hydroxylation is 1. The molecule has 1 saturated heterocycles. The number of nitrogens with zero attached hydrogens (tertiary/aromatic N) is 7. The van der Waals surface area contributed by atoms with Gasteiger partial charge in [0.25, 0.3) is 0 Å². The van der Waals surface area contributed by atoms with Crippen LogP contribution in [0, 0.1) is 6.92 Å². The number of piperazine rings is 1. The Hall–Kier alpha value is -3.83. The number of hydrogen-bond acceptors (Lipinski definition) is 7. The Morgan fingerprint density at radius 3 is 2.42 bits per heavy atom. The number of likely N-dealkylation sites (N-methyl/N-ethyl adjacent to an activating group) is 1. The van der Waals surface area contributed by atoms with Gasteiger partial charge in [-0.2, -0.15) is 13.2 Å². The molecule has 4 aromatic rings. The van der Waals surface area contributed by atoms with E-state index in [1.54, 1.807) is 35.4 Å². The van der Waals surface area contributed by atoms with Gasteiger partial charge in [-0.25, -0.2) is 14.6 Å². The lowest BCUT2D eigenvalue weighted by Crippen LogP contribution is -2.46. The van der Waals surface area contributed by atoms with E-state index in [0.29, 0.717) is 48.7 Å². The largest absolute Gasteiger partial charge is 0.417 e. The topological polar surface area (TPSA) is 80.0 Å². The standard InChI is InChI=1S/C28H27ClF3N7O/c1-3-37-6-8-38(9-7-37)25-13-20(12-22(27(25)29)28(30,31)32)26(40)11-19-5-4-18(2)24(10-19)39-16-23(35-36-39)21-14-33-17-34-15-21/h4-5,10,12-17H,3,6-9,11H2,1-2H3. The van der Waals surface area contributed by atoms with Gasteiger partial charge in [-0.1, -0.05) is 35.9 Å². The van der Waals surface area contributed by atoms with Crippen LogP contribution >= 0.6 is 11.6 Å². The number of aromatic nitrogens is 5. The molecule has 0 saturated carbocycles. The number of hydrogen-bond donors (Lipinski definition) is 0. The predicted molar refractivity (Wildman–Crippen MR) is 146 cm³/mol. The summed E-state index contributed by atoms with van der Waals surface area (Å²) < 4.78 is 43.4. The van der Waals surface area contributed by atoms with Crippen LogP contribution in [0.1, 0.15) is 34.0 Å². The zero-order valence-electron chi connectivity index (χ0n) is 22.0. The number of carbonyl (C=O) groups excluding carboxylic acids is 1. The van der Waals surface area contributed by atoms with E-state index in [1.807, 2.05) is 24.8 Å². The highest BCUT2D eigenvalue weighted by molar-refractivity contribution is 6.34. The highest BCUT2D eigenvalue weighted by atomic mass is 35.5. The third-order valence-corrected chi connectivity index (χ3v) is 7.47. The molecule has 3 heterocycles. The maximum Gasteiger partial charge on any atom is 0.417 e. The van der Waals surface area contributed by atoms with Crippen molar-refractivity contribution in [2.75, 3.05) is 37.6 Å². The summed E-state index contributed by atoms with van der Waals surface area (Å²) in [4.78, 5) is 25.4. The number of anilines is 1. The number of Topliss-reactive ketones (excluding diaryl/α,β-unsaturated/α-hetero) is 1. The third kappa shape index (κ3) is 5.85. The molecular formula is C28H27ClF3N7O. The van der Waals surface area contributed by atoms with E-state index in [-0.39, 0.29) is 22.7 Å². The van der Waals surface area contributed by atoms with Gasteiger partial charge in [0.05, 0.1) is 28.2 Å². The highest BCUT2D eigenvalue weighted by Crippen LogP contribution is 2.41. The van der Waals surface area contributed by atoms with Crippen LogP contribution < -0.4 is 4.90 Å². The van der Waals surface area contributed by atoms with Crippen LogP contribution in [0.25, 0.3) is 16.9 Å². The van der Waals surface area contributed by atoms with Crippen LogP contribution in [0.4, 0.5) is 18.9 Å². The smallest absolute Gasteiger partial charge is 0.368 e. The molecule has 0 bridgehead atoms. The minimum absolute atomic E-state index is 0.0288. The summed E-state index contributed by atoms with van der Waals surface area (Å²) in [6.45, 7) is 7.27. The Kier molecular flexibility index (Phi) is 7.86. The van der Waals surface area contributed by atoms with Gasteiger partial charge in [0.2, 0.25) is 0 Å². The number of carbonyl (C=O) groups is 1. The normalized spacial score (nSPS) is 14.5. The molecule has 2 aromatic heterocycles. The molecule has 12 heteroatoms. The molecule has 40 heavy (non-hydrogen) atoms. The summed E-state index contributed by atoms with van der Waals surface area (Å²) in [7, 11) is 0. The van der Waals surface area contributed by atoms with E-state index in [0.717, 1.165) is 18.2 Å². The summed E-state index contributed by atoms with van der Waals surface area (Å²) in [5, 5.41) is 8.01. The van der Waals surface area contributed by atoms with E-state index in [4.69, 9.17) is 11.6 Å². The summed E-state index contributed by atoms with van der Waals surface area (Å²) in [5.74, 6) is -0.439. The minimum atomic E-state index is -4.70. The molecule has 0 N–H and O–H groups in total. The van der Waals surface area contributed by atoms with Crippen molar-refractivity contribution < 1.29 is 18.0 Å². The van der Waals surface area contributed by atoms with Crippen molar-refractivity contribution in [3.8, 4) is 16.9 Å². The molecule has 8 nitrogen and oxygen atoms in total. The average molecular weight is 570 g/mol. The lowest BCUT2D eigenvalue weighted by molar-refractivity contribution is -0.137. The van der Waals surface area contributed by atoms with Gasteiger partial charge in [-0.05, 0) is 42.8 Å². The Bertz CT molecular complexity index is 1520. The van der Waals surface area contributed by atoms with Crippen molar-refractivity contribution in [3.05, 3.63) is 82.5 Å². The first-order valence-electron chi connectivity index (χ1n) is 12.8. The predicted octanol–water partition coefficient (Wildman–Crippen LogP) is 5.27. The lowest BCUT2D eigenvalue weighted by Gasteiger charge is -2.36. The van der Waals surface area contributed by atoms with Gasteiger partial charge in [-0.3, -0.25) is 4.79 Å². The first-order chi connectivity index (χ1) is 19.1. The second kappa shape index (κ2) is 11.3. The van der Waals surface area contributed by atoms with E-state index in [9.17, 15) is 18.0 Å². The molecule has 5 rings (SSSR count). The molecule has 0 aliphatic carbocycles. The summed E-state index contributed by atoms with van der Waals surface area (Å²) in [6.07, 6.45) is 1.62. The van der Waals surface area contributed by atoms with Crippen LogP contribution in [0.3, 0.4) is 0 Å². The molecule has 0 spiro atoms. The Balaban J connectivity index is 1.43. The number of rotatable bonds is 7. The fourth-order valence-electron chi connectivity index (χ4n) is 4.76. The van der Waals surface area contributed by atoms with Gasteiger partial charge in [0.1, 0.15) is 12.0 Å². The number of alkyl halides is 3. The SMILES string of the molecule is CCN1CCN(c2cc(C(=O)Cc3ccc(C)c(-n4cc(-c5cncnc5)nn4)c3)cc(C(F)(F)F)c2Cl)CC1. The fourth-order valence-corrected chi connectivity index (χ4v) is 5.09. The summed E-state index contributed by atoms with van der Waals surface area (Å²) in [5.41, 5.74) is 2.70. The van der Waals surface area contributed by atoms with Crippen LogP contribution in [-0.4, -0.2) is 68.4 Å². The highest BCUT2D eigenvalue weighted by Gasteiger charge is 2.36. The van der Waals surface area contributed by atoms with Crippen molar-refractivity contribution in [3.63, 3.8) is 0 Å². The Labute approximate surface area is 234 Å². The van der Waals surface area contributed by atoms with Gasteiger partial charge in [-0.15, -0.1) is 5.10 Å². The van der Waals surface area contributed by atoms with Crippen molar-refractivity contribution in [1.82, 2.24) is 29.9 Å². The molecule has 0 atom stereocenters. The van der Waals surface area contributed by atoms with Gasteiger partial charge < -0.3 is 9.80 Å². The monoisotopic (exact) mass is 569 g/mol. The average Bonchev–Trinajstić information content (AvgIpc) is 3.44. The van der Waals surface area contributed by atoms with Gasteiger partial charge >= 0.3 is 6.18 Å². The van der Waals surface area contributed by atoms with Crippen molar-refractivity contribution >= 4 is 23.1 Å². The Morgan fingerprint density at radius 2 is 1.75 bits per heavy atom. The zero-order valence-corrected chi connectivity index (χ0v) is 22.7. The molecule has 1 aliphatic heterocycles. The van der Waals surface area contributed by atoms with Crippen molar-refractivity contribution in [1.29, 1.82) is 0 Å². The van der Waals surface area contributed by atoms with Crippen LogP contribution in [0.15, 0.2) is 55.2 Å². The number of halogens is 4. The van der Waals surface area contributed by atoms with Gasteiger partial charge in [0, 0.05) is 56.1 Å². The fraction of sp³-hybridized carbons (Fsp3) is 0.321. The first-order valence-corrected chi connectivity index (χ1v) is 13.2. The van der Waals surface area contributed by atoms with Crippen molar-refractivity contribution in [2.45, 2.75) is 26.4 Å². The number of ketones is 1. The van der Waals surface area contributed by atoms with Crippen molar-refractivity contribution in [2.24, 2.45) is 0 Å². The van der Waals surface area contributed by atoms with Crippen LogP contribution in [0.2, 0.25) is 5.02 Å². The lowest BCUT2D eigenvalue weighted by atomic mass is 9.98. The molecular weight excluding hydrogens is 543 g/mol. The Morgan fingerprint density at radius 1 is 1.02 bits per heavy atom. The van der Waals surface area contributed by atoms with Crippen LogP contribution in [0.5, 0.6) is 0 Å². The van der Waals surface area contributed by atoms with E-state index in [2.05, 4.69) is 25.2 Å². The third-order valence-electron chi connectivity index (χ3n) is 7.08. The molecule has 1 aliphatic rings. The molecule has 208 valence electrons. The summed E-state index contributed by atoms with van der Waals surface area (Å²) >= 11 is 6.28. The molecule has 0 amide bonds. The molecule has 0 radical (unpaired) electrons. The maximum atomic E-state index is 13.9. The minimum Gasteiger partial charge on any atom is -0.368 e. The van der Waals surface area contributed by atoms with E-state index >= 15 is 0 Å². The second-order valence-electron chi connectivity index (χ2n) is 9.67. The van der Waals surface area contributed by atoms with Crippen LogP contribution in [-0.2, 0) is 12.6 Å².